The summed E-state index contributed by atoms with van der Waals surface area (Å²) in [5, 5.41) is 1.43. The van der Waals surface area contributed by atoms with Crippen molar-refractivity contribution in [2.75, 3.05) is 12.3 Å². The van der Waals surface area contributed by atoms with Crippen LogP contribution in [0.2, 0.25) is 0 Å². The molecule has 70 valence electrons. The minimum atomic E-state index is -1.22. The van der Waals surface area contributed by atoms with Crippen molar-refractivity contribution in [3.8, 4) is 0 Å². The molecule has 1 aliphatic heterocycles. The first-order valence-electron chi connectivity index (χ1n) is 5.02. The Morgan fingerprint density at radius 3 is 2.15 bits per heavy atom. The number of rotatable bonds is 1. The summed E-state index contributed by atoms with van der Waals surface area (Å²) in [7, 11) is -1.22. The van der Waals surface area contributed by atoms with Crippen LogP contribution in [-0.4, -0.2) is 12.3 Å². The van der Waals surface area contributed by atoms with Crippen LogP contribution in [0.25, 0.3) is 0 Å². The van der Waals surface area contributed by atoms with E-state index in [1.807, 2.05) is 0 Å². The number of benzene rings is 1. The fraction of sp³-hybridized carbons (Fsp3) is 0.455. The van der Waals surface area contributed by atoms with Crippen molar-refractivity contribution in [2.45, 2.75) is 19.3 Å². The molecule has 1 fully saturated rings. The van der Waals surface area contributed by atoms with E-state index >= 15 is 0 Å². The minimum absolute atomic E-state index is 1.22. The molecule has 0 unspecified atom stereocenters. The maximum atomic E-state index is 6.49. The average Bonchev–Trinajstić information content (AvgIpc) is 2.20. The van der Waals surface area contributed by atoms with Gasteiger partial charge in [-0.2, -0.15) is 0 Å². The largest absolute Gasteiger partial charge is 0.200 e. The van der Waals surface area contributed by atoms with Gasteiger partial charge in [0.05, 0.1) is 12.3 Å². The van der Waals surface area contributed by atoms with Crippen LogP contribution in [0.5, 0.6) is 0 Å². The molecule has 0 aliphatic carbocycles. The first-order chi connectivity index (χ1) is 6.31. The molecule has 0 spiro atoms. The standard InChI is InChI=1S/C11H17NP/c12-13(9-5-2-6-10-13)11-7-3-1-4-8-11/h1,3-4,7-8H,2,5-6,9-10,12H2/q+1. The Labute approximate surface area is 80.7 Å². The summed E-state index contributed by atoms with van der Waals surface area (Å²) < 4.78 is 0. The van der Waals surface area contributed by atoms with Crippen LogP contribution in [0.3, 0.4) is 0 Å². The molecule has 0 amide bonds. The van der Waals surface area contributed by atoms with E-state index in [2.05, 4.69) is 30.3 Å². The molecule has 1 nitrogen and oxygen atoms in total. The van der Waals surface area contributed by atoms with Gasteiger partial charge in [-0.25, -0.2) is 5.50 Å². The maximum Gasteiger partial charge on any atom is 0.111 e. The van der Waals surface area contributed by atoms with Crippen LogP contribution in [0.4, 0.5) is 0 Å². The second-order valence-corrected chi connectivity index (χ2v) is 7.36. The fourth-order valence-corrected chi connectivity index (χ4v) is 5.14. The SMILES string of the molecule is N[P+]1(c2ccccc2)CCCCC1. The van der Waals surface area contributed by atoms with Gasteiger partial charge in [0.15, 0.2) is 0 Å². The van der Waals surface area contributed by atoms with Gasteiger partial charge in [0.1, 0.15) is 12.7 Å². The zero-order chi connectivity index (χ0) is 9.15. The molecule has 0 aromatic heterocycles. The zero-order valence-electron chi connectivity index (χ0n) is 7.95. The molecule has 0 atom stereocenters. The lowest BCUT2D eigenvalue weighted by Crippen LogP contribution is -2.26. The van der Waals surface area contributed by atoms with Gasteiger partial charge in [0.2, 0.25) is 0 Å². The summed E-state index contributed by atoms with van der Waals surface area (Å²) >= 11 is 0. The van der Waals surface area contributed by atoms with E-state index in [9.17, 15) is 0 Å². The summed E-state index contributed by atoms with van der Waals surface area (Å²) in [5.41, 5.74) is 6.49. The molecule has 0 bridgehead atoms. The third kappa shape index (κ3) is 1.92. The van der Waals surface area contributed by atoms with E-state index in [0.29, 0.717) is 0 Å². The number of nitrogens with two attached hydrogens (primary N) is 1. The van der Waals surface area contributed by atoms with Gasteiger partial charge >= 0.3 is 0 Å². The molecule has 1 aromatic rings. The Balaban J connectivity index is 2.23. The molecule has 1 aromatic carbocycles. The molecule has 1 heterocycles. The van der Waals surface area contributed by atoms with Gasteiger partial charge in [-0.1, -0.05) is 18.2 Å². The lowest BCUT2D eigenvalue weighted by atomic mass is 10.3. The highest BCUT2D eigenvalue weighted by atomic mass is 31.2. The van der Waals surface area contributed by atoms with E-state index in [1.54, 1.807) is 0 Å². The monoisotopic (exact) mass is 194 g/mol. The first-order valence-corrected chi connectivity index (χ1v) is 7.25. The zero-order valence-corrected chi connectivity index (χ0v) is 8.84. The third-order valence-corrected chi connectivity index (χ3v) is 6.44. The van der Waals surface area contributed by atoms with Gasteiger partial charge in [-0.15, -0.1) is 0 Å². The van der Waals surface area contributed by atoms with E-state index in [4.69, 9.17) is 5.50 Å². The van der Waals surface area contributed by atoms with Gasteiger partial charge in [0, 0.05) is 0 Å². The molecule has 2 heteroatoms. The smallest absolute Gasteiger partial charge is 0.111 e. The van der Waals surface area contributed by atoms with Crippen LogP contribution in [0.15, 0.2) is 30.3 Å². The van der Waals surface area contributed by atoms with Crippen LogP contribution in [0, 0.1) is 0 Å². The molecular formula is C11H17NP+. The highest BCUT2D eigenvalue weighted by Crippen LogP contribution is 2.53. The topological polar surface area (TPSA) is 26.0 Å². The van der Waals surface area contributed by atoms with Gasteiger partial charge in [-0.3, -0.25) is 0 Å². The quantitative estimate of drug-likeness (QED) is 0.682. The highest BCUT2D eigenvalue weighted by molar-refractivity contribution is 7.80. The number of hydrogen-bond acceptors (Lipinski definition) is 1. The molecule has 2 rings (SSSR count). The second kappa shape index (κ2) is 3.77. The Kier molecular flexibility index (Phi) is 2.66. The maximum absolute atomic E-state index is 6.49. The molecule has 0 radical (unpaired) electrons. The summed E-state index contributed by atoms with van der Waals surface area (Å²) in [4.78, 5) is 0. The molecule has 0 saturated carbocycles. The molecule has 2 N–H and O–H groups in total. The summed E-state index contributed by atoms with van der Waals surface area (Å²) in [6.07, 6.45) is 6.57. The summed E-state index contributed by atoms with van der Waals surface area (Å²) in [6, 6.07) is 10.7. The summed E-state index contributed by atoms with van der Waals surface area (Å²) in [6.45, 7) is 0. The first kappa shape index (κ1) is 9.18. The van der Waals surface area contributed by atoms with E-state index in [0.717, 1.165) is 0 Å². The van der Waals surface area contributed by atoms with Gasteiger partial charge < -0.3 is 0 Å². The van der Waals surface area contributed by atoms with Crippen molar-refractivity contribution >= 4 is 12.7 Å². The van der Waals surface area contributed by atoms with Crippen molar-refractivity contribution in [2.24, 2.45) is 5.50 Å². The average molecular weight is 194 g/mol. The van der Waals surface area contributed by atoms with Crippen molar-refractivity contribution in [1.29, 1.82) is 0 Å². The van der Waals surface area contributed by atoms with Crippen molar-refractivity contribution in [3.05, 3.63) is 30.3 Å². The molecule has 13 heavy (non-hydrogen) atoms. The highest BCUT2D eigenvalue weighted by Gasteiger charge is 2.36. The van der Waals surface area contributed by atoms with E-state index < -0.39 is 7.41 Å². The van der Waals surface area contributed by atoms with Crippen molar-refractivity contribution in [1.82, 2.24) is 0 Å². The van der Waals surface area contributed by atoms with Crippen molar-refractivity contribution in [3.63, 3.8) is 0 Å². The van der Waals surface area contributed by atoms with Gasteiger partial charge in [-0.05, 0) is 31.4 Å². The predicted molar refractivity (Wildman–Crippen MR) is 60.8 cm³/mol. The van der Waals surface area contributed by atoms with Gasteiger partial charge in [0.25, 0.3) is 0 Å². The lowest BCUT2D eigenvalue weighted by Gasteiger charge is -2.25. The van der Waals surface area contributed by atoms with Crippen LogP contribution in [0.1, 0.15) is 19.3 Å². The second-order valence-electron chi connectivity index (χ2n) is 3.88. The number of hydrogen-bond donors (Lipinski definition) is 1. The van der Waals surface area contributed by atoms with E-state index in [1.165, 1.54) is 36.9 Å². The Hall–Kier alpha value is -0.390. The van der Waals surface area contributed by atoms with Crippen LogP contribution < -0.4 is 10.8 Å². The molecule has 1 aliphatic rings. The normalized spacial score (nSPS) is 21.3. The van der Waals surface area contributed by atoms with Crippen LogP contribution in [-0.2, 0) is 0 Å². The predicted octanol–water partition coefficient (Wildman–Crippen LogP) is 2.39. The van der Waals surface area contributed by atoms with Crippen molar-refractivity contribution < 1.29 is 0 Å². The Morgan fingerprint density at radius 2 is 1.54 bits per heavy atom. The molecule has 1 saturated heterocycles. The fourth-order valence-electron chi connectivity index (χ4n) is 2.06. The Morgan fingerprint density at radius 1 is 0.923 bits per heavy atom. The third-order valence-electron chi connectivity index (χ3n) is 2.88. The lowest BCUT2D eigenvalue weighted by molar-refractivity contribution is 0.747. The van der Waals surface area contributed by atoms with E-state index in [-0.39, 0.29) is 0 Å². The van der Waals surface area contributed by atoms with Crippen LogP contribution >= 0.6 is 7.41 Å². The molecular weight excluding hydrogens is 177 g/mol. The minimum Gasteiger partial charge on any atom is -0.200 e. The summed E-state index contributed by atoms with van der Waals surface area (Å²) in [5.74, 6) is 0. The Bertz CT molecular complexity index is 265.